The van der Waals surface area contributed by atoms with Crippen LogP contribution in [0.3, 0.4) is 0 Å². The maximum Gasteiger partial charge on any atom is 0.238 e. The molecule has 10 heteroatoms. The summed E-state index contributed by atoms with van der Waals surface area (Å²) in [6.07, 6.45) is 6.59. The highest BCUT2D eigenvalue weighted by molar-refractivity contribution is 6.06. The number of amides is 1. The summed E-state index contributed by atoms with van der Waals surface area (Å²) < 4.78 is 7.44. The third-order valence-corrected chi connectivity index (χ3v) is 7.23. The number of ether oxygens (including phenoxy) is 1. The summed E-state index contributed by atoms with van der Waals surface area (Å²) in [6, 6.07) is 7.81. The number of nitrogens with zero attached hydrogens (tertiary/aromatic N) is 6. The summed E-state index contributed by atoms with van der Waals surface area (Å²) in [5.74, 6) is -0.303. The maximum absolute atomic E-state index is 13.1. The number of carbonyl (C=O) groups excluding carboxylic acids is 1. The summed E-state index contributed by atoms with van der Waals surface area (Å²) in [5, 5.41) is 21.3. The molecule has 1 saturated carbocycles. The molecular formula is C25H28N8O2. The molecule has 2 fully saturated rings. The molecular weight excluding hydrogens is 444 g/mol. The molecule has 1 aromatic carbocycles. The molecule has 1 unspecified atom stereocenters. The molecule has 6 rings (SSSR count). The van der Waals surface area contributed by atoms with Crippen LogP contribution < -0.4 is 10.6 Å². The van der Waals surface area contributed by atoms with E-state index in [1.54, 1.807) is 18.2 Å². The molecule has 2 N–H and O–H groups in total. The van der Waals surface area contributed by atoms with E-state index in [0.29, 0.717) is 35.4 Å². The van der Waals surface area contributed by atoms with Crippen LogP contribution in [0.25, 0.3) is 11.0 Å². The molecule has 3 aliphatic rings. The van der Waals surface area contributed by atoms with Crippen LogP contribution in [-0.2, 0) is 9.53 Å². The molecule has 4 heterocycles. The molecule has 0 bridgehead atoms. The highest BCUT2D eigenvalue weighted by atomic mass is 16.5. The second-order valence-corrected chi connectivity index (χ2v) is 9.43. The number of hydrogen-bond acceptors (Lipinski definition) is 8. The van der Waals surface area contributed by atoms with E-state index in [4.69, 9.17) is 19.8 Å². The lowest BCUT2D eigenvalue weighted by Gasteiger charge is -2.26. The van der Waals surface area contributed by atoms with Gasteiger partial charge in [-0.1, -0.05) is 12.8 Å². The first-order valence-corrected chi connectivity index (χ1v) is 12.4. The highest BCUT2D eigenvalue weighted by Crippen LogP contribution is 2.40. The van der Waals surface area contributed by atoms with Gasteiger partial charge in [0.25, 0.3) is 0 Å². The molecule has 1 aliphatic carbocycles. The Hall–Kier alpha value is -3.55. The SMILES string of the molecule is N#Cc1ccc2c(c1)C(c1nc(NCCN3CCOCC3)nc3nn(C4CCCC4)cc13)C(=O)N2. The quantitative estimate of drug-likeness (QED) is 0.562. The predicted molar refractivity (Wildman–Crippen MR) is 130 cm³/mol. The van der Waals surface area contributed by atoms with E-state index >= 15 is 0 Å². The number of nitrogens with one attached hydrogen (secondary N) is 2. The Morgan fingerprint density at radius 2 is 2.03 bits per heavy atom. The van der Waals surface area contributed by atoms with Crippen LogP contribution in [0.1, 0.15) is 54.5 Å². The van der Waals surface area contributed by atoms with E-state index in [0.717, 1.165) is 62.3 Å². The van der Waals surface area contributed by atoms with Crippen molar-refractivity contribution in [3.8, 4) is 6.07 Å². The summed E-state index contributed by atoms with van der Waals surface area (Å²) in [5.41, 5.74) is 3.21. The molecule has 3 aromatic rings. The monoisotopic (exact) mass is 472 g/mol. The molecule has 1 atom stereocenters. The number of benzene rings is 1. The van der Waals surface area contributed by atoms with Crippen LogP contribution in [0.15, 0.2) is 24.4 Å². The Kier molecular flexibility index (Phi) is 5.80. The number of nitriles is 1. The number of hydrogen-bond donors (Lipinski definition) is 2. The fourth-order valence-corrected chi connectivity index (χ4v) is 5.35. The van der Waals surface area contributed by atoms with Gasteiger partial charge in [-0.3, -0.25) is 14.4 Å². The molecule has 1 amide bonds. The number of carbonyl (C=O) groups is 1. The standard InChI is InChI=1S/C25H28N8O2/c26-14-16-5-6-20-18(13-16)21(24(34)28-20)22-19-15-33(17-3-1-2-4-17)31-23(19)30-25(29-22)27-7-8-32-9-11-35-12-10-32/h5-6,13,15,17,21H,1-4,7-12H2,(H,28,34)(H,27,30,31). The number of aromatic nitrogens is 4. The number of rotatable bonds is 6. The largest absolute Gasteiger partial charge is 0.379 e. The summed E-state index contributed by atoms with van der Waals surface area (Å²) in [6.45, 7) is 4.88. The topological polar surface area (TPSA) is 121 Å². The van der Waals surface area contributed by atoms with E-state index < -0.39 is 5.92 Å². The minimum absolute atomic E-state index is 0.150. The minimum atomic E-state index is -0.621. The van der Waals surface area contributed by atoms with Gasteiger partial charge in [-0.05, 0) is 36.6 Å². The first-order chi connectivity index (χ1) is 17.2. The highest BCUT2D eigenvalue weighted by Gasteiger charge is 2.36. The van der Waals surface area contributed by atoms with Crippen molar-refractivity contribution in [3.63, 3.8) is 0 Å². The van der Waals surface area contributed by atoms with Gasteiger partial charge in [-0.2, -0.15) is 15.3 Å². The van der Waals surface area contributed by atoms with Crippen molar-refractivity contribution in [2.45, 2.75) is 37.6 Å². The van der Waals surface area contributed by atoms with Crippen LogP contribution in [0.4, 0.5) is 11.6 Å². The Bertz CT molecular complexity index is 1300. The zero-order valence-electron chi connectivity index (χ0n) is 19.5. The zero-order valence-corrected chi connectivity index (χ0v) is 19.5. The van der Waals surface area contributed by atoms with Crippen molar-refractivity contribution in [2.24, 2.45) is 0 Å². The molecule has 0 spiro atoms. The molecule has 1 saturated heterocycles. The number of anilines is 2. The zero-order chi connectivity index (χ0) is 23.8. The van der Waals surface area contributed by atoms with Crippen molar-refractivity contribution >= 4 is 28.6 Å². The lowest BCUT2D eigenvalue weighted by Crippen LogP contribution is -2.39. The van der Waals surface area contributed by atoms with Gasteiger partial charge in [0.15, 0.2) is 5.65 Å². The average molecular weight is 473 g/mol. The van der Waals surface area contributed by atoms with Crippen molar-refractivity contribution in [1.82, 2.24) is 24.6 Å². The van der Waals surface area contributed by atoms with Gasteiger partial charge >= 0.3 is 0 Å². The van der Waals surface area contributed by atoms with Gasteiger partial charge in [0.2, 0.25) is 11.9 Å². The second-order valence-electron chi connectivity index (χ2n) is 9.43. The summed E-state index contributed by atoms with van der Waals surface area (Å²) in [4.78, 5) is 25.1. The van der Waals surface area contributed by atoms with Gasteiger partial charge in [0.05, 0.1) is 42.0 Å². The Labute approximate surface area is 203 Å². The van der Waals surface area contributed by atoms with E-state index in [1.807, 2.05) is 10.9 Å². The first kappa shape index (κ1) is 21.9. The van der Waals surface area contributed by atoms with Gasteiger partial charge in [0.1, 0.15) is 5.92 Å². The van der Waals surface area contributed by atoms with Gasteiger partial charge in [-0.25, -0.2) is 4.98 Å². The van der Waals surface area contributed by atoms with E-state index in [9.17, 15) is 10.1 Å². The van der Waals surface area contributed by atoms with Gasteiger partial charge in [-0.15, -0.1) is 0 Å². The summed E-state index contributed by atoms with van der Waals surface area (Å²) in [7, 11) is 0. The Balaban J connectivity index is 1.37. The predicted octanol–water partition coefficient (Wildman–Crippen LogP) is 2.64. The number of fused-ring (bicyclic) bond motifs is 2. The van der Waals surface area contributed by atoms with Gasteiger partial charge in [0, 0.05) is 38.1 Å². The van der Waals surface area contributed by atoms with Crippen molar-refractivity contribution < 1.29 is 9.53 Å². The average Bonchev–Trinajstić information content (AvgIpc) is 3.62. The summed E-state index contributed by atoms with van der Waals surface area (Å²) >= 11 is 0. The maximum atomic E-state index is 13.1. The lowest BCUT2D eigenvalue weighted by molar-refractivity contribution is -0.116. The fourth-order valence-electron chi connectivity index (χ4n) is 5.35. The van der Waals surface area contributed by atoms with Crippen molar-refractivity contribution in [1.29, 1.82) is 5.26 Å². The van der Waals surface area contributed by atoms with Crippen LogP contribution >= 0.6 is 0 Å². The van der Waals surface area contributed by atoms with Crippen molar-refractivity contribution in [3.05, 3.63) is 41.2 Å². The van der Waals surface area contributed by atoms with E-state index in [-0.39, 0.29) is 5.91 Å². The van der Waals surface area contributed by atoms with Crippen LogP contribution in [-0.4, -0.2) is 69.9 Å². The first-order valence-electron chi connectivity index (χ1n) is 12.4. The van der Waals surface area contributed by atoms with Gasteiger partial charge < -0.3 is 15.4 Å². The Morgan fingerprint density at radius 1 is 1.20 bits per heavy atom. The van der Waals surface area contributed by atoms with E-state index in [2.05, 4.69) is 21.6 Å². The second kappa shape index (κ2) is 9.24. The number of morpholine rings is 1. The third-order valence-electron chi connectivity index (χ3n) is 7.23. The van der Waals surface area contributed by atoms with Crippen LogP contribution in [0.5, 0.6) is 0 Å². The Morgan fingerprint density at radius 3 is 2.83 bits per heavy atom. The fraction of sp³-hybridized carbons (Fsp3) is 0.480. The van der Waals surface area contributed by atoms with Crippen molar-refractivity contribution in [2.75, 3.05) is 50.0 Å². The smallest absolute Gasteiger partial charge is 0.238 e. The van der Waals surface area contributed by atoms with Crippen LogP contribution in [0.2, 0.25) is 0 Å². The van der Waals surface area contributed by atoms with Crippen LogP contribution in [0, 0.1) is 11.3 Å². The van der Waals surface area contributed by atoms with E-state index in [1.165, 1.54) is 12.8 Å². The molecule has 2 aromatic heterocycles. The third kappa shape index (κ3) is 4.22. The molecule has 0 radical (unpaired) electrons. The molecule has 180 valence electrons. The normalized spacial score (nSPS) is 20.7. The minimum Gasteiger partial charge on any atom is -0.379 e. The lowest BCUT2D eigenvalue weighted by atomic mass is 9.94. The molecule has 10 nitrogen and oxygen atoms in total. The molecule has 35 heavy (non-hydrogen) atoms. The molecule has 2 aliphatic heterocycles.